The van der Waals surface area contributed by atoms with Gasteiger partial charge in [-0.15, -0.1) is 0 Å². The molecule has 2 unspecified atom stereocenters. The Labute approximate surface area is 169 Å². The lowest BCUT2D eigenvalue weighted by Crippen LogP contribution is -2.37. The molecule has 0 saturated carbocycles. The van der Waals surface area contributed by atoms with E-state index in [0.29, 0.717) is 16.0 Å². The van der Waals surface area contributed by atoms with E-state index in [-0.39, 0.29) is 11.7 Å². The van der Waals surface area contributed by atoms with Crippen molar-refractivity contribution in [1.82, 2.24) is 4.98 Å². The van der Waals surface area contributed by atoms with Crippen LogP contribution in [0.4, 0.5) is 0 Å². The van der Waals surface area contributed by atoms with Crippen molar-refractivity contribution in [2.24, 2.45) is 5.92 Å². The highest BCUT2D eigenvalue weighted by Gasteiger charge is 2.36. The Morgan fingerprint density at radius 2 is 1.77 bits per heavy atom. The summed E-state index contributed by atoms with van der Waals surface area (Å²) < 4.78 is 12.8. The highest BCUT2D eigenvalue weighted by atomic mass is 35.5. The van der Waals surface area contributed by atoms with E-state index in [1.165, 1.54) is 0 Å². The maximum Gasteiger partial charge on any atom is 0.192 e. The molecule has 3 nitrogen and oxygen atoms in total. The van der Waals surface area contributed by atoms with Crippen LogP contribution >= 0.6 is 23.2 Å². The van der Waals surface area contributed by atoms with Gasteiger partial charge in [-0.05, 0) is 57.2 Å². The van der Waals surface area contributed by atoms with Crippen molar-refractivity contribution in [2.45, 2.75) is 83.7 Å². The maximum absolute atomic E-state index is 6.85. The van der Waals surface area contributed by atoms with Gasteiger partial charge in [0.05, 0.1) is 28.4 Å². The first-order valence-corrected chi connectivity index (χ1v) is 13.1. The van der Waals surface area contributed by atoms with Crippen molar-refractivity contribution in [3.63, 3.8) is 0 Å². The fourth-order valence-electron chi connectivity index (χ4n) is 4.02. The second-order valence-electron chi connectivity index (χ2n) is 8.09. The second kappa shape index (κ2) is 9.38. The molecule has 148 valence electrons. The molecule has 1 saturated heterocycles. The van der Waals surface area contributed by atoms with Crippen molar-refractivity contribution >= 4 is 31.5 Å². The van der Waals surface area contributed by atoms with Crippen molar-refractivity contribution in [3.05, 3.63) is 28.0 Å². The van der Waals surface area contributed by atoms with Gasteiger partial charge >= 0.3 is 0 Å². The lowest BCUT2D eigenvalue weighted by molar-refractivity contribution is 0.0346. The molecule has 0 bridgehead atoms. The van der Waals surface area contributed by atoms with Crippen molar-refractivity contribution < 1.29 is 9.16 Å². The predicted octanol–water partition coefficient (Wildman–Crippen LogP) is 7.05. The van der Waals surface area contributed by atoms with Crippen molar-refractivity contribution in [2.75, 3.05) is 6.61 Å². The fourth-order valence-corrected chi connectivity index (χ4v) is 7.47. The molecule has 0 spiro atoms. The summed E-state index contributed by atoms with van der Waals surface area (Å²) in [5.41, 5.74) is 0.899. The summed E-state index contributed by atoms with van der Waals surface area (Å²) in [6.07, 6.45) is 6.36. The summed E-state index contributed by atoms with van der Waals surface area (Å²) >= 11 is 13.0. The molecule has 1 aliphatic rings. The predicted molar refractivity (Wildman–Crippen MR) is 113 cm³/mol. The molecule has 26 heavy (non-hydrogen) atoms. The Bertz CT molecular complexity index is 565. The van der Waals surface area contributed by atoms with Crippen molar-refractivity contribution in [1.29, 1.82) is 0 Å². The van der Waals surface area contributed by atoms with Crippen LogP contribution in [0, 0.1) is 5.92 Å². The summed E-state index contributed by atoms with van der Waals surface area (Å²) in [6.45, 7) is 11.9. The zero-order valence-corrected chi connectivity index (χ0v) is 19.3. The number of nitrogens with zero attached hydrogens (tertiary/aromatic N) is 1. The third kappa shape index (κ3) is 5.45. The Morgan fingerprint density at radius 3 is 2.23 bits per heavy atom. The molecule has 1 aromatic heterocycles. The van der Waals surface area contributed by atoms with Crippen LogP contribution in [0.3, 0.4) is 0 Å². The first-order chi connectivity index (χ1) is 12.3. The minimum absolute atomic E-state index is 0.0122. The molecule has 2 heterocycles. The summed E-state index contributed by atoms with van der Waals surface area (Å²) in [6, 6.07) is 3.32. The van der Waals surface area contributed by atoms with Gasteiger partial charge < -0.3 is 9.16 Å². The molecule has 1 aromatic rings. The Balaban J connectivity index is 2.21. The molecule has 2 rings (SSSR count). The Hall–Kier alpha value is -0.133. The number of halogens is 2. The van der Waals surface area contributed by atoms with Crippen LogP contribution in [0.1, 0.15) is 65.5 Å². The summed E-state index contributed by atoms with van der Waals surface area (Å²) in [5, 5.41) is 1.22. The fraction of sp³-hybridized carbons (Fsp3) is 0.750. The quantitative estimate of drug-likeness (QED) is 0.403. The Morgan fingerprint density at radius 1 is 1.19 bits per heavy atom. The van der Waals surface area contributed by atoms with Gasteiger partial charge in [-0.2, -0.15) is 0 Å². The highest BCUT2D eigenvalue weighted by Crippen LogP contribution is 2.41. The zero-order chi connectivity index (χ0) is 19.4. The van der Waals surface area contributed by atoms with Gasteiger partial charge in [-0.3, -0.25) is 4.98 Å². The minimum Gasteiger partial charge on any atom is -0.410 e. The number of ether oxygens (including phenoxy) is 1. The zero-order valence-electron chi connectivity index (χ0n) is 16.8. The van der Waals surface area contributed by atoms with E-state index in [1.54, 1.807) is 12.4 Å². The normalized spacial score (nSPS) is 21.1. The van der Waals surface area contributed by atoms with Crippen LogP contribution in [0.25, 0.3) is 0 Å². The largest absolute Gasteiger partial charge is 0.410 e. The SMILES string of the molecule is CC[Si](CC)(CC)OC(CCC1COC(C)(C)C1)c1c(Cl)cncc1Cl. The average Bonchev–Trinajstić information content (AvgIpc) is 2.96. The topological polar surface area (TPSA) is 31.4 Å². The van der Waals surface area contributed by atoms with Crippen LogP contribution in [0.5, 0.6) is 0 Å². The number of aromatic nitrogens is 1. The number of hydrogen-bond donors (Lipinski definition) is 0. The lowest BCUT2D eigenvalue weighted by atomic mass is 9.92. The van der Waals surface area contributed by atoms with E-state index < -0.39 is 8.32 Å². The monoisotopic (exact) mass is 417 g/mol. The summed E-state index contributed by atoms with van der Waals surface area (Å²) in [4.78, 5) is 4.11. The van der Waals surface area contributed by atoms with E-state index in [1.807, 2.05) is 0 Å². The molecule has 2 atom stereocenters. The first kappa shape index (κ1) is 22.2. The van der Waals surface area contributed by atoms with Crippen LogP contribution in [0.2, 0.25) is 28.2 Å². The molecule has 0 N–H and O–H groups in total. The van der Waals surface area contributed by atoms with E-state index in [9.17, 15) is 0 Å². The van der Waals surface area contributed by atoms with Crippen LogP contribution in [-0.2, 0) is 9.16 Å². The lowest BCUT2D eigenvalue weighted by Gasteiger charge is -2.34. The van der Waals surface area contributed by atoms with Crippen molar-refractivity contribution in [3.8, 4) is 0 Å². The summed E-state index contributed by atoms with van der Waals surface area (Å²) in [7, 11) is -1.78. The third-order valence-electron chi connectivity index (χ3n) is 5.86. The summed E-state index contributed by atoms with van der Waals surface area (Å²) in [5.74, 6) is 0.566. The third-order valence-corrected chi connectivity index (χ3v) is 11.1. The average molecular weight is 418 g/mol. The molecule has 0 amide bonds. The Kier molecular flexibility index (Phi) is 7.99. The van der Waals surface area contributed by atoms with Gasteiger partial charge in [-0.25, -0.2) is 0 Å². The molecular formula is C20H33Cl2NO2Si. The van der Waals surface area contributed by atoms with Crippen LogP contribution in [0.15, 0.2) is 12.4 Å². The molecule has 0 radical (unpaired) electrons. The van der Waals surface area contributed by atoms with E-state index in [4.69, 9.17) is 32.4 Å². The van der Waals surface area contributed by atoms with E-state index in [2.05, 4.69) is 39.6 Å². The van der Waals surface area contributed by atoms with Gasteiger partial charge in [0.1, 0.15) is 0 Å². The molecule has 1 fully saturated rings. The molecule has 1 aliphatic heterocycles. The second-order valence-corrected chi connectivity index (χ2v) is 13.6. The highest BCUT2D eigenvalue weighted by molar-refractivity contribution is 6.73. The van der Waals surface area contributed by atoms with Crippen LogP contribution in [-0.4, -0.2) is 25.5 Å². The van der Waals surface area contributed by atoms with E-state index in [0.717, 1.165) is 49.6 Å². The van der Waals surface area contributed by atoms with E-state index >= 15 is 0 Å². The maximum atomic E-state index is 6.85. The van der Waals surface area contributed by atoms with Gasteiger partial charge in [0.2, 0.25) is 0 Å². The first-order valence-electron chi connectivity index (χ1n) is 9.86. The van der Waals surface area contributed by atoms with Gasteiger partial charge in [-0.1, -0.05) is 44.0 Å². The number of rotatable bonds is 9. The smallest absolute Gasteiger partial charge is 0.192 e. The standard InChI is InChI=1S/C20H33Cl2NO2Si/c1-6-26(7-2,8-3)25-18(19-16(21)12-23-13-17(19)22)10-9-15-11-20(4,5)24-14-15/h12-13,15,18H,6-11,14H2,1-5H3. The van der Waals surface area contributed by atoms with Gasteiger partial charge in [0.15, 0.2) is 8.32 Å². The molecule has 0 aromatic carbocycles. The minimum atomic E-state index is -1.78. The number of hydrogen-bond acceptors (Lipinski definition) is 3. The van der Waals surface area contributed by atoms with Gasteiger partial charge in [0.25, 0.3) is 0 Å². The molecule has 0 aliphatic carbocycles. The number of pyridine rings is 1. The van der Waals surface area contributed by atoms with Crippen LogP contribution < -0.4 is 0 Å². The van der Waals surface area contributed by atoms with Gasteiger partial charge in [0, 0.05) is 18.0 Å². The molecule has 6 heteroatoms. The molecular weight excluding hydrogens is 385 g/mol.